The Morgan fingerprint density at radius 1 is 1.12 bits per heavy atom. The SMILES string of the molecule is Cc1cncc(C(=O)c2ccc(Br)c(C)c2)c1. The van der Waals surface area contributed by atoms with Gasteiger partial charge in [-0.1, -0.05) is 15.9 Å². The Bertz CT molecular complexity index is 578. The molecular weight excluding hydrogens is 278 g/mol. The first-order valence-electron chi connectivity index (χ1n) is 5.30. The standard InChI is InChI=1S/C14H12BrNO/c1-9-5-12(8-16-7-9)14(17)11-3-4-13(15)10(2)6-11/h3-8H,1-2H3. The third-order valence-corrected chi connectivity index (χ3v) is 3.45. The molecule has 0 saturated heterocycles. The van der Waals surface area contributed by atoms with E-state index in [4.69, 9.17) is 0 Å². The van der Waals surface area contributed by atoms with Crippen molar-refractivity contribution in [3.8, 4) is 0 Å². The molecule has 17 heavy (non-hydrogen) atoms. The molecule has 3 heteroatoms. The van der Waals surface area contributed by atoms with E-state index in [1.54, 1.807) is 12.4 Å². The maximum Gasteiger partial charge on any atom is 0.194 e. The third kappa shape index (κ3) is 2.61. The van der Waals surface area contributed by atoms with Crippen LogP contribution in [0.2, 0.25) is 0 Å². The zero-order valence-corrected chi connectivity index (χ0v) is 11.3. The molecule has 2 rings (SSSR count). The summed E-state index contributed by atoms with van der Waals surface area (Å²) < 4.78 is 1.01. The predicted molar refractivity (Wildman–Crippen MR) is 71.3 cm³/mol. The topological polar surface area (TPSA) is 30.0 Å². The van der Waals surface area contributed by atoms with Gasteiger partial charge in [0, 0.05) is 28.0 Å². The number of nitrogens with zero attached hydrogens (tertiary/aromatic N) is 1. The summed E-state index contributed by atoms with van der Waals surface area (Å²) >= 11 is 3.42. The molecule has 0 spiro atoms. The minimum absolute atomic E-state index is 0.0109. The van der Waals surface area contributed by atoms with Gasteiger partial charge >= 0.3 is 0 Å². The van der Waals surface area contributed by atoms with Crippen molar-refractivity contribution in [2.45, 2.75) is 13.8 Å². The van der Waals surface area contributed by atoms with E-state index in [2.05, 4.69) is 20.9 Å². The Balaban J connectivity index is 2.40. The molecule has 0 unspecified atom stereocenters. The fourth-order valence-electron chi connectivity index (χ4n) is 1.63. The molecule has 1 aromatic heterocycles. The average molecular weight is 290 g/mol. The number of hydrogen-bond acceptors (Lipinski definition) is 2. The Hall–Kier alpha value is -1.48. The van der Waals surface area contributed by atoms with Crippen LogP contribution in [-0.4, -0.2) is 10.8 Å². The van der Waals surface area contributed by atoms with Gasteiger partial charge in [-0.2, -0.15) is 0 Å². The number of ketones is 1. The van der Waals surface area contributed by atoms with E-state index >= 15 is 0 Å². The molecule has 0 fully saturated rings. The Labute approximate surface area is 109 Å². The predicted octanol–water partition coefficient (Wildman–Crippen LogP) is 3.69. The number of hydrogen-bond donors (Lipinski definition) is 0. The van der Waals surface area contributed by atoms with Crippen LogP contribution in [0.3, 0.4) is 0 Å². The van der Waals surface area contributed by atoms with Crippen molar-refractivity contribution in [2.75, 3.05) is 0 Å². The second-order valence-corrected chi connectivity index (χ2v) is 4.90. The molecule has 0 aliphatic heterocycles. The fourth-order valence-corrected chi connectivity index (χ4v) is 1.88. The van der Waals surface area contributed by atoms with Crippen LogP contribution in [-0.2, 0) is 0 Å². The van der Waals surface area contributed by atoms with E-state index in [1.807, 2.05) is 38.1 Å². The normalized spacial score (nSPS) is 10.3. The number of carbonyl (C=O) groups is 1. The monoisotopic (exact) mass is 289 g/mol. The van der Waals surface area contributed by atoms with Gasteiger partial charge in [-0.25, -0.2) is 0 Å². The maximum absolute atomic E-state index is 12.2. The highest BCUT2D eigenvalue weighted by Crippen LogP contribution is 2.19. The van der Waals surface area contributed by atoms with E-state index in [9.17, 15) is 4.79 Å². The van der Waals surface area contributed by atoms with Crippen molar-refractivity contribution >= 4 is 21.7 Å². The zero-order chi connectivity index (χ0) is 12.4. The summed E-state index contributed by atoms with van der Waals surface area (Å²) in [6, 6.07) is 7.45. The lowest BCUT2D eigenvalue weighted by molar-refractivity contribution is 0.103. The summed E-state index contributed by atoms with van der Waals surface area (Å²) in [5.74, 6) is 0.0109. The highest BCUT2D eigenvalue weighted by atomic mass is 79.9. The van der Waals surface area contributed by atoms with Gasteiger partial charge in [-0.05, 0) is 49.2 Å². The molecular formula is C14H12BrNO. The smallest absolute Gasteiger partial charge is 0.194 e. The number of benzene rings is 1. The summed E-state index contributed by atoms with van der Waals surface area (Å²) in [5.41, 5.74) is 3.37. The zero-order valence-electron chi connectivity index (χ0n) is 9.70. The summed E-state index contributed by atoms with van der Waals surface area (Å²) in [6.45, 7) is 3.89. The Morgan fingerprint density at radius 3 is 2.53 bits per heavy atom. The molecule has 0 N–H and O–H groups in total. The molecule has 0 bridgehead atoms. The van der Waals surface area contributed by atoms with Gasteiger partial charge in [-0.15, -0.1) is 0 Å². The number of aromatic nitrogens is 1. The largest absolute Gasteiger partial charge is 0.289 e. The minimum Gasteiger partial charge on any atom is -0.289 e. The van der Waals surface area contributed by atoms with Crippen LogP contribution in [0.15, 0.2) is 41.1 Å². The lowest BCUT2D eigenvalue weighted by Crippen LogP contribution is -2.02. The summed E-state index contributed by atoms with van der Waals surface area (Å²) in [5, 5.41) is 0. The Morgan fingerprint density at radius 2 is 1.88 bits per heavy atom. The van der Waals surface area contributed by atoms with Gasteiger partial charge in [0.1, 0.15) is 0 Å². The summed E-state index contributed by atoms with van der Waals surface area (Å²) in [4.78, 5) is 16.2. The van der Waals surface area contributed by atoms with Crippen molar-refractivity contribution in [3.63, 3.8) is 0 Å². The second-order valence-electron chi connectivity index (χ2n) is 4.04. The first-order valence-corrected chi connectivity index (χ1v) is 6.10. The highest BCUT2D eigenvalue weighted by Gasteiger charge is 2.10. The molecule has 0 atom stereocenters. The first-order chi connectivity index (χ1) is 8.08. The van der Waals surface area contributed by atoms with Gasteiger partial charge in [0.25, 0.3) is 0 Å². The Kier molecular flexibility index (Phi) is 3.38. The molecule has 86 valence electrons. The van der Waals surface area contributed by atoms with Crippen LogP contribution in [0.25, 0.3) is 0 Å². The van der Waals surface area contributed by atoms with Crippen molar-refractivity contribution in [3.05, 3.63) is 63.4 Å². The summed E-state index contributed by atoms with van der Waals surface area (Å²) in [7, 11) is 0. The highest BCUT2D eigenvalue weighted by molar-refractivity contribution is 9.10. The second kappa shape index (κ2) is 4.80. The number of aryl methyl sites for hydroxylation is 2. The van der Waals surface area contributed by atoms with Crippen LogP contribution in [0.1, 0.15) is 27.0 Å². The van der Waals surface area contributed by atoms with Gasteiger partial charge in [0.15, 0.2) is 5.78 Å². The molecule has 0 amide bonds. The molecule has 1 aromatic carbocycles. The van der Waals surface area contributed by atoms with Crippen LogP contribution in [0.5, 0.6) is 0 Å². The quantitative estimate of drug-likeness (QED) is 0.789. The number of pyridine rings is 1. The fraction of sp³-hybridized carbons (Fsp3) is 0.143. The van der Waals surface area contributed by atoms with E-state index in [0.29, 0.717) is 11.1 Å². The van der Waals surface area contributed by atoms with Crippen LogP contribution >= 0.6 is 15.9 Å². The molecule has 0 aliphatic carbocycles. The van der Waals surface area contributed by atoms with Gasteiger partial charge in [-0.3, -0.25) is 9.78 Å². The van der Waals surface area contributed by atoms with Crippen molar-refractivity contribution in [2.24, 2.45) is 0 Å². The minimum atomic E-state index is 0.0109. The molecule has 0 saturated carbocycles. The van der Waals surface area contributed by atoms with Crippen LogP contribution in [0.4, 0.5) is 0 Å². The third-order valence-electron chi connectivity index (χ3n) is 2.56. The number of carbonyl (C=O) groups excluding carboxylic acids is 1. The van der Waals surface area contributed by atoms with E-state index < -0.39 is 0 Å². The van der Waals surface area contributed by atoms with Gasteiger partial charge in [0.2, 0.25) is 0 Å². The maximum atomic E-state index is 12.2. The first kappa shape index (κ1) is 12.0. The van der Waals surface area contributed by atoms with Crippen LogP contribution in [0, 0.1) is 13.8 Å². The van der Waals surface area contributed by atoms with Crippen molar-refractivity contribution in [1.29, 1.82) is 0 Å². The van der Waals surface area contributed by atoms with Crippen LogP contribution < -0.4 is 0 Å². The molecule has 2 nitrogen and oxygen atoms in total. The molecule has 0 radical (unpaired) electrons. The van der Waals surface area contributed by atoms with E-state index in [-0.39, 0.29) is 5.78 Å². The van der Waals surface area contributed by atoms with Crippen molar-refractivity contribution < 1.29 is 4.79 Å². The lowest BCUT2D eigenvalue weighted by Gasteiger charge is -2.04. The molecule has 2 aromatic rings. The van der Waals surface area contributed by atoms with Crippen molar-refractivity contribution in [1.82, 2.24) is 4.98 Å². The van der Waals surface area contributed by atoms with E-state index in [1.165, 1.54) is 0 Å². The average Bonchev–Trinajstić information content (AvgIpc) is 2.32. The number of rotatable bonds is 2. The van der Waals surface area contributed by atoms with Gasteiger partial charge < -0.3 is 0 Å². The van der Waals surface area contributed by atoms with Gasteiger partial charge in [0.05, 0.1) is 0 Å². The molecule has 0 aliphatic rings. The number of halogens is 1. The summed E-state index contributed by atoms with van der Waals surface area (Å²) in [6.07, 6.45) is 3.34. The lowest BCUT2D eigenvalue weighted by atomic mass is 10.0. The van der Waals surface area contributed by atoms with E-state index in [0.717, 1.165) is 15.6 Å². The molecule has 1 heterocycles.